The van der Waals surface area contributed by atoms with Crippen LogP contribution in [0.1, 0.15) is 36.0 Å². The molecule has 27 heavy (non-hydrogen) atoms. The first kappa shape index (κ1) is 23.7. The number of ether oxygens (including phenoxy) is 1. The Labute approximate surface area is 177 Å². The molecule has 1 amide bonds. The number of thiazole rings is 1. The molecule has 2 unspecified atom stereocenters. The summed E-state index contributed by atoms with van der Waals surface area (Å²) in [6.07, 6.45) is 2.46. The van der Waals surface area contributed by atoms with Crippen LogP contribution in [0.15, 0.2) is 29.6 Å². The third kappa shape index (κ3) is 7.30. The lowest BCUT2D eigenvalue weighted by atomic mass is 10.00. The second-order valence-corrected chi connectivity index (χ2v) is 7.51. The van der Waals surface area contributed by atoms with Gasteiger partial charge in [-0.3, -0.25) is 4.79 Å². The van der Waals surface area contributed by atoms with Gasteiger partial charge < -0.3 is 15.4 Å². The standard InChI is InChI=1S/C19H25N3O2S.2ClH/c1-13-5-7-16(8-6-13)24-11-19-21-15(12-25-19)10-18(23)22-17-4-3-9-20-14(17)2;;/h5-8,12,14,17,20H,3-4,9-11H2,1-2H3,(H,22,23);2*1H. The van der Waals surface area contributed by atoms with Gasteiger partial charge in [0.05, 0.1) is 12.1 Å². The van der Waals surface area contributed by atoms with Gasteiger partial charge in [0.2, 0.25) is 5.91 Å². The minimum Gasteiger partial charge on any atom is -0.486 e. The number of carbonyl (C=O) groups excluding carboxylic acids is 1. The summed E-state index contributed by atoms with van der Waals surface area (Å²) in [4.78, 5) is 16.8. The zero-order valence-electron chi connectivity index (χ0n) is 15.6. The lowest BCUT2D eigenvalue weighted by Crippen LogP contribution is -2.52. The average molecular weight is 432 g/mol. The predicted molar refractivity (Wildman–Crippen MR) is 114 cm³/mol. The third-order valence-electron chi connectivity index (χ3n) is 4.43. The first-order valence-electron chi connectivity index (χ1n) is 8.75. The van der Waals surface area contributed by atoms with Crippen LogP contribution in [0, 0.1) is 6.92 Å². The Balaban J connectivity index is 0.00000182. The van der Waals surface area contributed by atoms with Gasteiger partial charge in [-0.2, -0.15) is 0 Å². The first-order valence-corrected chi connectivity index (χ1v) is 9.63. The van der Waals surface area contributed by atoms with E-state index in [9.17, 15) is 4.79 Å². The van der Waals surface area contributed by atoms with Crippen LogP contribution in [0.25, 0.3) is 0 Å². The van der Waals surface area contributed by atoms with Gasteiger partial charge in [-0.25, -0.2) is 4.98 Å². The molecule has 2 aromatic rings. The number of carbonyl (C=O) groups is 1. The molecule has 0 saturated carbocycles. The predicted octanol–water partition coefficient (Wildman–Crippen LogP) is 3.67. The normalized spacial score (nSPS) is 18.7. The van der Waals surface area contributed by atoms with Crippen molar-refractivity contribution >= 4 is 42.1 Å². The summed E-state index contributed by atoms with van der Waals surface area (Å²) in [7, 11) is 0. The SMILES string of the molecule is Cc1ccc(OCc2nc(CC(=O)NC3CCCNC3C)cs2)cc1.Cl.Cl. The van der Waals surface area contributed by atoms with Crippen molar-refractivity contribution in [2.24, 2.45) is 0 Å². The lowest BCUT2D eigenvalue weighted by molar-refractivity contribution is -0.121. The van der Waals surface area contributed by atoms with Gasteiger partial charge in [0.1, 0.15) is 17.4 Å². The molecule has 1 aliphatic heterocycles. The average Bonchev–Trinajstić information content (AvgIpc) is 3.04. The number of halogens is 2. The minimum atomic E-state index is 0. The molecule has 0 bridgehead atoms. The van der Waals surface area contributed by atoms with Crippen molar-refractivity contribution in [3.63, 3.8) is 0 Å². The van der Waals surface area contributed by atoms with Crippen molar-refractivity contribution in [2.75, 3.05) is 6.54 Å². The summed E-state index contributed by atoms with van der Waals surface area (Å²) in [6, 6.07) is 8.49. The summed E-state index contributed by atoms with van der Waals surface area (Å²) < 4.78 is 5.74. The fourth-order valence-electron chi connectivity index (χ4n) is 2.94. The summed E-state index contributed by atoms with van der Waals surface area (Å²) in [5, 5.41) is 9.34. The molecule has 3 rings (SSSR count). The van der Waals surface area contributed by atoms with Gasteiger partial charge in [-0.1, -0.05) is 17.7 Å². The Morgan fingerprint density at radius 1 is 1.33 bits per heavy atom. The zero-order chi connectivity index (χ0) is 17.6. The highest BCUT2D eigenvalue weighted by molar-refractivity contribution is 7.09. The third-order valence-corrected chi connectivity index (χ3v) is 5.30. The fourth-order valence-corrected chi connectivity index (χ4v) is 3.64. The Morgan fingerprint density at radius 3 is 2.78 bits per heavy atom. The summed E-state index contributed by atoms with van der Waals surface area (Å²) in [6.45, 7) is 5.63. The van der Waals surface area contributed by atoms with E-state index in [1.165, 1.54) is 16.9 Å². The molecule has 2 atom stereocenters. The van der Waals surface area contributed by atoms with Crippen molar-refractivity contribution in [3.05, 3.63) is 45.9 Å². The lowest BCUT2D eigenvalue weighted by Gasteiger charge is -2.30. The molecule has 1 fully saturated rings. The van der Waals surface area contributed by atoms with Gasteiger partial charge >= 0.3 is 0 Å². The number of nitrogens with one attached hydrogen (secondary N) is 2. The maximum absolute atomic E-state index is 12.2. The number of aryl methyl sites for hydroxylation is 1. The monoisotopic (exact) mass is 431 g/mol. The van der Waals surface area contributed by atoms with Crippen LogP contribution in [-0.4, -0.2) is 29.5 Å². The first-order chi connectivity index (χ1) is 12.1. The molecular weight excluding hydrogens is 405 g/mol. The fraction of sp³-hybridized carbons (Fsp3) is 0.474. The molecule has 1 aromatic heterocycles. The molecular formula is C19H27Cl2N3O2S. The Bertz CT molecular complexity index is 709. The quantitative estimate of drug-likeness (QED) is 0.731. The van der Waals surface area contributed by atoms with E-state index in [0.717, 1.165) is 35.8 Å². The molecule has 8 heteroatoms. The van der Waals surface area contributed by atoms with Gasteiger partial charge in [-0.15, -0.1) is 36.2 Å². The van der Waals surface area contributed by atoms with E-state index in [-0.39, 0.29) is 36.8 Å². The van der Waals surface area contributed by atoms with E-state index in [0.29, 0.717) is 19.1 Å². The van der Waals surface area contributed by atoms with Gasteiger partial charge in [0.25, 0.3) is 0 Å². The molecule has 150 valence electrons. The number of piperidine rings is 1. The van der Waals surface area contributed by atoms with Crippen LogP contribution >= 0.6 is 36.2 Å². The summed E-state index contributed by atoms with van der Waals surface area (Å²) >= 11 is 1.53. The van der Waals surface area contributed by atoms with E-state index in [1.54, 1.807) is 0 Å². The maximum Gasteiger partial charge on any atom is 0.226 e. The molecule has 5 nitrogen and oxygen atoms in total. The number of hydrogen-bond acceptors (Lipinski definition) is 5. The summed E-state index contributed by atoms with van der Waals surface area (Å²) in [5.74, 6) is 0.871. The van der Waals surface area contributed by atoms with Crippen molar-refractivity contribution in [3.8, 4) is 5.75 Å². The molecule has 0 aliphatic carbocycles. The molecule has 0 radical (unpaired) electrons. The van der Waals surface area contributed by atoms with Crippen molar-refractivity contribution in [1.82, 2.24) is 15.6 Å². The number of amides is 1. The van der Waals surface area contributed by atoms with E-state index in [1.807, 2.05) is 36.6 Å². The molecule has 2 N–H and O–H groups in total. The van der Waals surface area contributed by atoms with Gasteiger partial charge in [0, 0.05) is 17.5 Å². The van der Waals surface area contributed by atoms with Crippen LogP contribution in [0.4, 0.5) is 0 Å². The largest absolute Gasteiger partial charge is 0.486 e. The molecule has 1 aromatic carbocycles. The molecule has 1 aliphatic rings. The molecule has 1 saturated heterocycles. The summed E-state index contributed by atoms with van der Waals surface area (Å²) in [5.41, 5.74) is 2.01. The van der Waals surface area contributed by atoms with E-state index >= 15 is 0 Å². The zero-order valence-corrected chi connectivity index (χ0v) is 18.0. The van der Waals surface area contributed by atoms with Crippen LogP contribution in [0.5, 0.6) is 5.75 Å². The van der Waals surface area contributed by atoms with Crippen LogP contribution < -0.4 is 15.4 Å². The topological polar surface area (TPSA) is 63.2 Å². The van der Waals surface area contributed by atoms with Crippen molar-refractivity contribution in [1.29, 1.82) is 0 Å². The highest BCUT2D eigenvalue weighted by Gasteiger charge is 2.22. The van der Waals surface area contributed by atoms with Crippen molar-refractivity contribution < 1.29 is 9.53 Å². The number of aromatic nitrogens is 1. The highest BCUT2D eigenvalue weighted by atomic mass is 35.5. The minimum absolute atomic E-state index is 0. The maximum atomic E-state index is 12.2. The number of rotatable bonds is 6. The van der Waals surface area contributed by atoms with Crippen LogP contribution in [-0.2, 0) is 17.8 Å². The van der Waals surface area contributed by atoms with Crippen LogP contribution in [0.3, 0.4) is 0 Å². The van der Waals surface area contributed by atoms with Crippen LogP contribution in [0.2, 0.25) is 0 Å². The number of hydrogen-bond donors (Lipinski definition) is 2. The number of nitrogens with zero attached hydrogens (tertiary/aromatic N) is 1. The van der Waals surface area contributed by atoms with E-state index in [2.05, 4.69) is 22.5 Å². The smallest absolute Gasteiger partial charge is 0.226 e. The Morgan fingerprint density at radius 2 is 2.07 bits per heavy atom. The molecule has 0 spiro atoms. The molecule has 2 heterocycles. The second kappa shape index (κ2) is 11.5. The van der Waals surface area contributed by atoms with Crippen molar-refractivity contribution in [2.45, 2.75) is 51.8 Å². The highest BCUT2D eigenvalue weighted by Crippen LogP contribution is 2.16. The van der Waals surface area contributed by atoms with E-state index in [4.69, 9.17) is 4.74 Å². The number of benzene rings is 1. The van der Waals surface area contributed by atoms with Gasteiger partial charge in [0.15, 0.2) is 0 Å². The van der Waals surface area contributed by atoms with Gasteiger partial charge in [-0.05, 0) is 45.4 Å². The Hall–Kier alpha value is -1.34. The van der Waals surface area contributed by atoms with E-state index < -0.39 is 0 Å². The second-order valence-electron chi connectivity index (χ2n) is 6.57. The Kier molecular flexibility index (Phi) is 10.1.